The first-order valence-electron chi connectivity index (χ1n) is 7.53. The van der Waals surface area contributed by atoms with Crippen LogP contribution in [0, 0.1) is 0 Å². The van der Waals surface area contributed by atoms with Crippen molar-refractivity contribution in [3.05, 3.63) is 24.3 Å². The molecule has 0 aliphatic rings. The van der Waals surface area contributed by atoms with E-state index in [-0.39, 0.29) is 23.3 Å². The van der Waals surface area contributed by atoms with Gasteiger partial charge in [-0.1, -0.05) is 6.92 Å². The van der Waals surface area contributed by atoms with Gasteiger partial charge in [-0.25, -0.2) is 13.1 Å². The molecule has 0 bridgehead atoms. The number of halogens is 1. The van der Waals surface area contributed by atoms with E-state index in [1.54, 1.807) is 12.1 Å². The predicted octanol–water partition coefficient (Wildman–Crippen LogP) is 1.80. The van der Waals surface area contributed by atoms with Gasteiger partial charge in [0.1, 0.15) is 12.4 Å². The Balaban J connectivity index is 0.00000484. The minimum atomic E-state index is -3.49. The summed E-state index contributed by atoms with van der Waals surface area (Å²) in [5, 5.41) is 3.15. The fourth-order valence-corrected chi connectivity index (χ4v) is 2.95. The maximum Gasteiger partial charge on any atom is 0.240 e. The number of nitrogens with one attached hydrogen (secondary N) is 2. The minimum Gasteiger partial charge on any atom is -0.491 e. The monoisotopic (exact) mass is 366 g/mol. The second-order valence-corrected chi connectivity index (χ2v) is 6.59. The second kappa shape index (κ2) is 11.6. The Bertz CT molecular complexity index is 523. The summed E-state index contributed by atoms with van der Waals surface area (Å²) in [6, 6.07) is 6.45. The van der Waals surface area contributed by atoms with Crippen molar-refractivity contribution in [3.63, 3.8) is 0 Å². The standard InChI is InChI=1S/C15H26N2O4S.ClH/c1-4-16-13(3)12-17-22(18,19)15-8-6-14(7-9-15)21-11-10-20-5-2;/h6-9,13,16-17H,4-5,10-12H2,1-3H3;1H/t13-;/m1./s1. The molecule has 1 aromatic rings. The highest BCUT2D eigenvalue weighted by molar-refractivity contribution is 7.89. The van der Waals surface area contributed by atoms with E-state index < -0.39 is 10.0 Å². The normalized spacial score (nSPS) is 12.5. The zero-order chi connectivity index (χ0) is 16.4. The molecule has 0 aliphatic heterocycles. The Kier molecular flexibility index (Phi) is 11.2. The van der Waals surface area contributed by atoms with Crippen molar-refractivity contribution >= 4 is 22.4 Å². The fraction of sp³-hybridized carbons (Fsp3) is 0.600. The van der Waals surface area contributed by atoms with Crippen molar-refractivity contribution in [2.24, 2.45) is 0 Å². The van der Waals surface area contributed by atoms with Crippen LogP contribution in [-0.4, -0.2) is 47.4 Å². The first-order valence-corrected chi connectivity index (χ1v) is 9.01. The van der Waals surface area contributed by atoms with Gasteiger partial charge in [-0.15, -0.1) is 12.4 Å². The molecule has 134 valence electrons. The van der Waals surface area contributed by atoms with Crippen molar-refractivity contribution in [3.8, 4) is 5.75 Å². The molecule has 8 heteroatoms. The van der Waals surface area contributed by atoms with Crippen LogP contribution in [0.4, 0.5) is 0 Å². The molecule has 0 amide bonds. The highest BCUT2D eigenvalue weighted by atomic mass is 35.5. The maximum atomic E-state index is 12.2. The summed E-state index contributed by atoms with van der Waals surface area (Å²) in [6.45, 7) is 8.59. The van der Waals surface area contributed by atoms with Crippen LogP contribution in [0.2, 0.25) is 0 Å². The van der Waals surface area contributed by atoms with Gasteiger partial charge in [0, 0.05) is 19.2 Å². The lowest BCUT2D eigenvalue weighted by Crippen LogP contribution is -2.38. The van der Waals surface area contributed by atoms with Crippen molar-refractivity contribution in [2.75, 3.05) is 32.9 Å². The highest BCUT2D eigenvalue weighted by Crippen LogP contribution is 2.15. The van der Waals surface area contributed by atoms with Gasteiger partial charge < -0.3 is 14.8 Å². The number of hydrogen-bond donors (Lipinski definition) is 2. The Morgan fingerprint density at radius 3 is 2.35 bits per heavy atom. The van der Waals surface area contributed by atoms with Crippen molar-refractivity contribution in [1.29, 1.82) is 0 Å². The minimum absolute atomic E-state index is 0. The van der Waals surface area contributed by atoms with Crippen molar-refractivity contribution < 1.29 is 17.9 Å². The number of likely N-dealkylation sites (N-methyl/N-ethyl adjacent to an activating group) is 1. The molecule has 1 rings (SSSR count). The van der Waals surface area contributed by atoms with Gasteiger partial charge in [0.25, 0.3) is 0 Å². The van der Waals surface area contributed by atoms with E-state index >= 15 is 0 Å². The molecule has 0 spiro atoms. The number of ether oxygens (including phenoxy) is 2. The Labute approximate surface area is 145 Å². The number of benzene rings is 1. The van der Waals surface area contributed by atoms with Gasteiger partial charge >= 0.3 is 0 Å². The molecule has 0 aliphatic carbocycles. The Hall–Kier alpha value is -0.860. The first-order chi connectivity index (χ1) is 10.5. The molecule has 0 saturated heterocycles. The van der Waals surface area contributed by atoms with Gasteiger partial charge in [-0.05, 0) is 44.7 Å². The SMILES string of the molecule is CCN[C@H](C)CNS(=O)(=O)c1ccc(OCCOCC)cc1.Cl. The van der Waals surface area contributed by atoms with E-state index in [9.17, 15) is 8.42 Å². The summed E-state index contributed by atoms with van der Waals surface area (Å²) in [5.74, 6) is 0.625. The molecular formula is C15H27ClN2O4S. The van der Waals surface area contributed by atoms with Crippen molar-refractivity contribution in [2.45, 2.75) is 31.7 Å². The number of hydrogen-bond acceptors (Lipinski definition) is 5. The molecule has 0 heterocycles. The summed E-state index contributed by atoms with van der Waals surface area (Å²) in [7, 11) is -3.49. The molecule has 0 aromatic heterocycles. The van der Waals surface area contributed by atoms with Crippen LogP contribution in [0.1, 0.15) is 20.8 Å². The molecule has 0 radical (unpaired) electrons. The molecule has 0 unspecified atom stereocenters. The third-order valence-electron chi connectivity index (χ3n) is 2.97. The first kappa shape index (κ1) is 22.1. The summed E-state index contributed by atoms with van der Waals surface area (Å²) >= 11 is 0. The number of sulfonamides is 1. The lowest BCUT2D eigenvalue weighted by atomic mass is 10.3. The van der Waals surface area contributed by atoms with Gasteiger partial charge in [0.15, 0.2) is 0 Å². The zero-order valence-corrected chi connectivity index (χ0v) is 15.5. The van der Waals surface area contributed by atoms with Crippen molar-refractivity contribution in [1.82, 2.24) is 10.0 Å². The Morgan fingerprint density at radius 1 is 1.13 bits per heavy atom. The molecule has 0 fully saturated rings. The van der Waals surface area contributed by atoms with E-state index in [0.717, 1.165) is 6.54 Å². The smallest absolute Gasteiger partial charge is 0.240 e. The predicted molar refractivity (Wildman–Crippen MR) is 94.0 cm³/mol. The third kappa shape index (κ3) is 8.53. The second-order valence-electron chi connectivity index (χ2n) is 4.83. The molecule has 23 heavy (non-hydrogen) atoms. The van der Waals surface area contributed by atoms with E-state index in [4.69, 9.17) is 9.47 Å². The van der Waals surface area contributed by atoms with Crippen LogP contribution in [0.15, 0.2) is 29.2 Å². The zero-order valence-electron chi connectivity index (χ0n) is 13.9. The van der Waals surface area contributed by atoms with E-state index in [1.165, 1.54) is 12.1 Å². The average Bonchev–Trinajstić information content (AvgIpc) is 2.51. The van der Waals surface area contributed by atoms with Crippen LogP contribution >= 0.6 is 12.4 Å². The molecule has 1 atom stereocenters. The van der Waals surface area contributed by atoms with Gasteiger partial charge in [-0.2, -0.15) is 0 Å². The molecule has 0 saturated carbocycles. The van der Waals surface area contributed by atoms with E-state index in [1.807, 2.05) is 20.8 Å². The van der Waals surface area contributed by atoms with E-state index in [0.29, 0.717) is 32.1 Å². The summed E-state index contributed by atoms with van der Waals surface area (Å²) < 4.78 is 37.5. The lowest BCUT2D eigenvalue weighted by molar-refractivity contribution is 0.110. The molecular weight excluding hydrogens is 340 g/mol. The Morgan fingerprint density at radius 2 is 1.78 bits per heavy atom. The maximum absolute atomic E-state index is 12.2. The van der Waals surface area contributed by atoms with Crippen LogP contribution in [0.3, 0.4) is 0 Å². The lowest BCUT2D eigenvalue weighted by Gasteiger charge is -2.14. The van der Waals surface area contributed by atoms with Gasteiger partial charge in [0.2, 0.25) is 10.0 Å². The van der Waals surface area contributed by atoms with Crippen LogP contribution in [-0.2, 0) is 14.8 Å². The molecule has 6 nitrogen and oxygen atoms in total. The van der Waals surface area contributed by atoms with E-state index in [2.05, 4.69) is 10.0 Å². The molecule has 2 N–H and O–H groups in total. The van der Waals surface area contributed by atoms with Crippen LogP contribution in [0.5, 0.6) is 5.75 Å². The largest absolute Gasteiger partial charge is 0.491 e. The van der Waals surface area contributed by atoms with Crippen LogP contribution in [0.25, 0.3) is 0 Å². The third-order valence-corrected chi connectivity index (χ3v) is 4.41. The fourth-order valence-electron chi connectivity index (χ4n) is 1.82. The highest BCUT2D eigenvalue weighted by Gasteiger charge is 2.14. The summed E-state index contributed by atoms with van der Waals surface area (Å²) in [6.07, 6.45) is 0. The summed E-state index contributed by atoms with van der Waals surface area (Å²) in [4.78, 5) is 0.230. The quantitative estimate of drug-likeness (QED) is 0.584. The van der Waals surface area contributed by atoms with Gasteiger partial charge in [0.05, 0.1) is 11.5 Å². The number of rotatable bonds is 11. The summed E-state index contributed by atoms with van der Waals surface area (Å²) in [5.41, 5.74) is 0. The average molecular weight is 367 g/mol. The topological polar surface area (TPSA) is 76.7 Å². The van der Waals surface area contributed by atoms with Gasteiger partial charge in [-0.3, -0.25) is 0 Å². The van der Waals surface area contributed by atoms with Crippen LogP contribution < -0.4 is 14.8 Å². The molecule has 1 aromatic carbocycles.